The molecule has 4 aliphatic carbocycles. The van der Waals surface area contributed by atoms with E-state index in [1.54, 1.807) is 11.1 Å². The highest BCUT2D eigenvalue weighted by Crippen LogP contribution is 2.72. The first-order chi connectivity index (χ1) is 15.2. The summed E-state index contributed by atoms with van der Waals surface area (Å²) < 4.78 is 0. The van der Waals surface area contributed by atoms with Gasteiger partial charge in [-0.3, -0.25) is 0 Å². The van der Waals surface area contributed by atoms with Crippen LogP contribution in [0.25, 0.3) is 0 Å². The largest absolute Gasteiger partial charge is 0.393 e. The van der Waals surface area contributed by atoms with Gasteiger partial charge in [0, 0.05) is 0 Å². The van der Waals surface area contributed by atoms with Gasteiger partial charge in [-0.25, -0.2) is 0 Å². The number of aliphatic hydroxyl groups excluding tert-OH is 2. The van der Waals surface area contributed by atoms with Crippen molar-refractivity contribution in [2.45, 2.75) is 125 Å². The van der Waals surface area contributed by atoms with Gasteiger partial charge in [-0.2, -0.15) is 0 Å². The van der Waals surface area contributed by atoms with E-state index in [4.69, 9.17) is 0 Å². The molecule has 2 unspecified atom stereocenters. The number of hydrogen-bond acceptors (Lipinski definition) is 2. The van der Waals surface area contributed by atoms with E-state index >= 15 is 0 Å². The second-order valence-electron chi connectivity index (χ2n) is 14.2. The fourth-order valence-electron chi connectivity index (χ4n) is 9.52. The van der Waals surface area contributed by atoms with E-state index < -0.39 is 0 Å². The van der Waals surface area contributed by atoms with E-state index in [1.807, 2.05) is 0 Å². The van der Waals surface area contributed by atoms with Crippen molar-refractivity contribution in [2.75, 3.05) is 0 Å². The molecule has 2 fully saturated rings. The smallest absolute Gasteiger partial charge is 0.0605 e. The topological polar surface area (TPSA) is 40.5 Å². The zero-order valence-corrected chi connectivity index (χ0v) is 22.9. The maximum Gasteiger partial charge on any atom is 0.0605 e. The van der Waals surface area contributed by atoms with Crippen LogP contribution in [0.4, 0.5) is 0 Å². The van der Waals surface area contributed by atoms with Gasteiger partial charge in [0.1, 0.15) is 0 Å². The van der Waals surface area contributed by atoms with Crippen LogP contribution in [0, 0.1) is 45.3 Å². The van der Waals surface area contributed by atoms with Gasteiger partial charge in [-0.1, -0.05) is 78.7 Å². The third-order valence-corrected chi connectivity index (χ3v) is 12.3. The van der Waals surface area contributed by atoms with Crippen molar-refractivity contribution in [3.05, 3.63) is 23.3 Å². The molecule has 188 valence electrons. The average molecular weight is 457 g/mol. The fourth-order valence-corrected chi connectivity index (χ4v) is 9.52. The molecular formula is C31H52O2. The zero-order chi connectivity index (χ0) is 24.6. The van der Waals surface area contributed by atoms with Crippen molar-refractivity contribution in [2.24, 2.45) is 45.3 Å². The molecule has 4 aliphatic rings. The molecule has 0 radical (unpaired) electrons. The van der Waals surface area contributed by atoms with Gasteiger partial charge in [0.2, 0.25) is 0 Å². The lowest BCUT2D eigenvalue weighted by Crippen LogP contribution is -2.55. The van der Waals surface area contributed by atoms with Crippen molar-refractivity contribution in [1.82, 2.24) is 0 Å². The number of aliphatic hydroxyl groups is 2. The summed E-state index contributed by atoms with van der Waals surface area (Å²) in [4.78, 5) is 0. The number of rotatable bonds is 5. The quantitative estimate of drug-likeness (QED) is 0.416. The normalized spacial score (nSPS) is 44.2. The molecule has 0 bridgehead atoms. The Hall–Kier alpha value is -0.600. The van der Waals surface area contributed by atoms with Crippen LogP contribution in [0.15, 0.2) is 23.3 Å². The standard InChI is InChI=1S/C31H52O2/c1-19(2)20(3)18-25(32)21(4)22-12-16-31(9)24-10-11-26-28(5,6)27(33)14-15-29(26,7)23(24)13-17-30(22,31)8/h19,21-22,25-27,32-33H,3,10-18H2,1-2,4-9H3/t21-,22+,25?,26?,27-,29+,30+,31-/m0/s1. The van der Waals surface area contributed by atoms with Gasteiger partial charge in [-0.05, 0) is 103 Å². The van der Waals surface area contributed by atoms with Gasteiger partial charge >= 0.3 is 0 Å². The van der Waals surface area contributed by atoms with Crippen LogP contribution in [0.5, 0.6) is 0 Å². The molecule has 2 nitrogen and oxygen atoms in total. The highest BCUT2D eigenvalue weighted by molar-refractivity contribution is 5.38. The Balaban J connectivity index is 1.65. The maximum atomic E-state index is 11.2. The van der Waals surface area contributed by atoms with Crippen LogP contribution in [0.3, 0.4) is 0 Å². The Bertz CT molecular complexity index is 821. The lowest BCUT2D eigenvalue weighted by atomic mass is 9.43. The summed E-state index contributed by atoms with van der Waals surface area (Å²) in [6.45, 7) is 23.3. The molecule has 0 aromatic rings. The molecule has 0 aromatic heterocycles. The number of allylic oxidation sites excluding steroid dienone is 2. The first kappa shape index (κ1) is 25.5. The summed E-state index contributed by atoms with van der Waals surface area (Å²) in [7, 11) is 0. The number of hydrogen-bond donors (Lipinski definition) is 2. The zero-order valence-electron chi connectivity index (χ0n) is 22.9. The van der Waals surface area contributed by atoms with Crippen molar-refractivity contribution in [1.29, 1.82) is 0 Å². The van der Waals surface area contributed by atoms with E-state index in [1.165, 1.54) is 44.1 Å². The predicted molar refractivity (Wildman–Crippen MR) is 139 cm³/mol. The molecule has 0 aromatic carbocycles. The van der Waals surface area contributed by atoms with E-state index in [-0.39, 0.29) is 33.9 Å². The molecule has 0 saturated heterocycles. The summed E-state index contributed by atoms with van der Waals surface area (Å²) in [6, 6.07) is 0. The highest BCUT2D eigenvalue weighted by atomic mass is 16.3. The minimum atomic E-state index is -0.284. The average Bonchev–Trinajstić information content (AvgIpc) is 3.02. The SMILES string of the molecule is C=C(CC(O)[C@@H](C)[C@H]1CC[C@@]2(C)C3=C(CC[C@]12C)[C@@]1(C)CC[C@H](O)C(C)(C)C1CC3)C(C)C. The van der Waals surface area contributed by atoms with Crippen LogP contribution >= 0.6 is 0 Å². The second-order valence-corrected chi connectivity index (χ2v) is 14.2. The third-order valence-electron chi connectivity index (χ3n) is 12.3. The molecule has 0 amide bonds. The molecule has 0 spiro atoms. The van der Waals surface area contributed by atoms with Crippen LogP contribution in [-0.4, -0.2) is 22.4 Å². The monoisotopic (exact) mass is 456 g/mol. The predicted octanol–water partition coefficient (Wildman–Crippen LogP) is 7.70. The highest BCUT2D eigenvalue weighted by Gasteiger charge is 2.63. The lowest BCUT2D eigenvalue weighted by Gasteiger charge is -2.62. The van der Waals surface area contributed by atoms with Crippen LogP contribution in [-0.2, 0) is 0 Å². The summed E-state index contributed by atoms with van der Waals surface area (Å²) >= 11 is 0. The summed E-state index contributed by atoms with van der Waals surface area (Å²) in [5.41, 5.74) is 5.52. The van der Waals surface area contributed by atoms with E-state index in [0.29, 0.717) is 23.7 Å². The van der Waals surface area contributed by atoms with E-state index in [0.717, 1.165) is 19.3 Å². The van der Waals surface area contributed by atoms with Crippen LogP contribution < -0.4 is 0 Å². The molecule has 4 rings (SSSR count). The molecular weight excluding hydrogens is 404 g/mol. The van der Waals surface area contributed by atoms with E-state index in [9.17, 15) is 10.2 Å². The number of fused-ring (bicyclic) bond motifs is 4. The lowest BCUT2D eigenvalue weighted by molar-refractivity contribution is -0.0970. The Kier molecular flexibility index (Phi) is 6.35. The van der Waals surface area contributed by atoms with Crippen molar-refractivity contribution < 1.29 is 10.2 Å². The molecule has 33 heavy (non-hydrogen) atoms. The first-order valence-corrected chi connectivity index (χ1v) is 14.0. The van der Waals surface area contributed by atoms with Gasteiger partial charge in [0.15, 0.2) is 0 Å². The summed E-state index contributed by atoms with van der Waals surface area (Å²) in [5, 5.41) is 22.0. The Morgan fingerprint density at radius 1 is 0.939 bits per heavy atom. The van der Waals surface area contributed by atoms with Crippen molar-refractivity contribution in [3.8, 4) is 0 Å². The maximum absolute atomic E-state index is 11.2. The van der Waals surface area contributed by atoms with E-state index in [2.05, 4.69) is 62.0 Å². The minimum absolute atomic E-state index is 0.00281. The Morgan fingerprint density at radius 3 is 2.24 bits per heavy atom. The third kappa shape index (κ3) is 3.55. The summed E-state index contributed by atoms with van der Waals surface area (Å²) in [5.74, 6) is 1.90. The second kappa shape index (κ2) is 8.22. The molecule has 0 aliphatic heterocycles. The molecule has 2 saturated carbocycles. The van der Waals surface area contributed by atoms with Gasteiger partial charge in [0.25, 0.3) is 0 Å². The molecule has 8 atom stereocenters. The minimum Gasteiger partial charge on any atom is -0.393 e. The van der Waals surface area contributed by atoms with Gasteiger partial charge in [-0.15, -0.1) is 0 Å². The first-order valence-electron chi connectivity index (χ1n) is 14.0. The van der Waals surface area contributed by atoms with Gasteiger partial charge in [0.05, 0.1) is 12.2 Å². The molecule has 0 heterocycles. The van der Waals surface area contributed by atoms with Crippen molar-refractivity contribution >= 4 is 0 Å². The van der Waals surface area contributed by atoms with Crippen molar-refractivity contribution in [3.63, 3.8) is 0 Å². The fraction of sp³-hybridized carbons (Fsp3) is 0.871. The van der Waals surface area contributed by atoms with Crippen LogP contribution in [0.2, 0.25) is 0 Å². The molecule has 2 N–H and O–H groups in total. The Labute approximate surface area is 204 Å². The Morgan fingerprint density at radius 2 is 1.61 bits per heavy atom. The van der Waals surface area contributed by atoms with Gasteiger partial charge < -0.3 is 10.2 Å². The summed E-state index contributed by atoms with van der Waals surface area (Å²) in [6.07, 6.45) is 9.79. The molecule has 2 heteroatoms. The van der Waals surface area contributed by atoms with Crippen LogP contribution in [0.1, 0.15) is 113 Å².